The molecule has 1 aromatic heterocycles. The first-order valence-corrected chi connectivity index (χ1v) is 6.63. The highest BCUT2D eigenvalue weighted by Gasteiger charge is 2.22. The molecule has 1 heterocycles. The quantitative estimate of drug-likeness (QED) is 0.679. The molecule has 1 aromatic rings. The molecule has 0 spiro atoms. The number of nitrogens with zero attached hydrogens (tertiary/aromatic N) is 1. The third-order valence-corrected chi connectivity index (χ3v) is 4.87. The van der Waals surface area contributed by atoms with Gasteiger partial charge >= 0.3 is 0 Å². The zero-order chi connectivity index (χ0) is 8.77. The van der Waals surface area contributed by atoms with Crippen LogP contribution < -0.4 is 0 Å². The van der Waals surface area contributed by atoms with Crippen molar-refractivity contribution in [1.29, 1.82) is 0 Å². The zero-order valence-electron chi connectivity index (χ0n) is 6.08. The van der Waals surface area contributed by atoms with E-state index in [1.165, 1.54) is 11.3 Å². The van der Waals surface area contributed by atoms with E-state index in [4.69, 9.17) is 10.7 Å². The Morgan fingerprint density at radius 2 is 2.17 bits per heavy atom. The van der Waals surface area contributed by atoms with E-state index < -0.39 is 9.05 Å². The Labute approximate surface area is 78.8 Å². The second-order valence-corrected chi connectivity index (χ2v) is 6.46. The van der Waals surface area contributed by atoms with Crippen LogP contribution in [0.1, 0.15) is 17.0 Å². The van der Waals surface area contributed by atoms with Crippen LogP contribution in [-0.4, -0.2) is 13.4 Å². The van der Waals surface area contributed by atoms with E-state index in [1.54, 1.807) is 0 Å². The van der Waals surface area contributed by atoms with E-state index in [1.807, 2.05) is 0 Å². The van der Waals surface area contributed by atoms with Gasteiger partial charge in [0.25, 0.3) is 9.05 Å². The van der Waals surface area contributed by atoms with Gasteiger partial charge in [-0.1, -0.05) is 0 Å². The van der Waals surface area contributed by atoms with Crippen molar-refractivity contribution >= 4 is 31.1 Å². The third kappa shape index (κ3) is 1.36. The molecule has 0 aliphatic heterocycles. The maximum absolute atomic E-state index is 10.9. The Morgan fingerprint density at radius 1 is 1.42 bits per heavy atom. The summed E-state index contributed by atoms with van der Waals surface area (Å²) in [4.78, 5) is 5.04. The van der Waals surface area contributed by atoms with E-state index in [-0.39, 0.29) is 4.34 Å². The highest BCUT2D eigenvalue weighted by atomic mass is 35.7. The standard InChI is InChI=1S/C6H6ClNO2S2/c7-12(9,10)6-8-4-2-1-3-5(4)11-6/h1-3H2. The highest BCUT2D eigenvalue weighted by molar-refractivity contribution is 8.14. The van der Waals surface area contributed by atoms with Gasteiger partial charge in [0.2, 0.25) is 4.34 Å². The molecule has 12 heavy (non-hydrogen) atoms. The van der Waals surface area contributed by atoms with Crippen molar-refractivity contribution in [1.82, 2.24) is 4.98 Å². The molecule has 6 heteroatoms. The smallest absolute Gasteiger partial charge is 0.229 e. The summed E-state index contributed by atoms with van der Waals surface area (Å²) in [5.74, 6) is 0. The average molecular weight is 224 g/mol. The molecular formula is C6H6ClNO2S2. The van der Waals surface area contributed by atoms with Gasteiger partial charge in [0, 0.05) is 15.6 Å². The van der Waals surface area contributed by atoms with Crippen LogP contribution in [0.15, 0.2) is 4.34 Å². The van der Waals surface area contributed by atoms with E-state index in [2.05, 4.69) is 4.98 Å². The Hall–Kier alpha value is -0.130. The molecule has 0 saturated carbocycles. The summed E-state index contributed by atoms with van der Waals surface area (Å²) in [5.41, 5.74) is 0.916. The summed E-state index contributed by atoms with van der Waals surface area (Å²) in [6.45, 7) is 0. The number of thiazole rings is 1. The molecule has 0 bridgehead atoms. The van der Waals surface area contributed by atoms with Crippen LogP contribution in [0.4, 0.5) is 0 Å². The second kappa shape index (κ2) is 2.68. The number of aryl methyl sites for hydroxylation is 2. The van der Waals surface area contributed by atoms with Crippen molar-refractivity contribution in [2.24, 2.45) is 0 Å². The fourth-order valence-corrected chi connectivity index (χ4v) is 3.46. The lowest BCUT2D eigenvalue weighted by molar-refractivity contribution is 0.608. The highest BCUT2D eigenvalue weighted by Crippen LogP contribution is 2.31. The van der Waals surface area contributed by atoms with Crippen molar-refractivity contribution in [2.75, 3.05) is 0 Å². The fourth-order valence-electron chi connectivity index (χ4n) is 1.27. The van der Waals surface area contributed by atoms with Crippen molar-refractivity contribution in [3.63, 3.8) is 0 Å². The summed E-state index contributed by atoms with van der Waals surface area (Å²) in [6, 6.07) is 0. The van der Waals surface area contributed by atoms with Gasteiger partial charge in [0.05, 0.1) is 5.69 Å². The fraction of sp³-hybridized carbons (Fsp3) is 0.500. The minimum atomic E-state index is -3.60. The van der Waals surface area contributed by atoms with Gasteiger partial charge in [-0.05, 0) is 19.3 Å². The molecule has 0 N–H and O–H groups in total. The largest absolute Gasteiger partial charge is 0.288 e. The summed E-state index contributed by atoms with van der Waals surface area (Å²) in [6.07, 6.45) is 2.91. The van der Waals surface area contributed by atoms with Gasteiger partial charge in [-0.15, -0.1) is 11.3 Å². The van der Waals surface area contributed by atoms with Crippen LogP contribution in [0.2, 0.25) is 0 Å². The maximum Gasteiger partial charge on any atom is 0.288 e. The zero-order valence-corrected chi connectivity index (χ0v) is 8.47. The van der Waals surface area contributed by atoms with E-state index in [9.17, 15) is 8.42 Å². The van der Waals surface area contributed by atoms with Crippen LogP contribution in [0, 0.1) is 0 Å². The van der Waals surface area contributed by atoms with Gasteiger partial charge in [-0.3, -0.25) is 0 Å². The minimum Gasteiger partial charge on any atom is -0.229 e. The third-order valence-electron chi connectivity index (χ3n) is 1.78. The van der Waals surface area contributed by atoms with Crippen LogP contribution in [0.3, 0.4) is 0 Å². The van der Waals surface area contributed by atoms with Crippen LogP contribution >= 0.6 is 22.0 Å². The minimum absolute atomic E-state index is 0.0499. The molecule has 66 valence electrons. The second-order valence-electron chi connectivity index (χ2n) is 2.64. The number of aromatic nitrogens is 1. The Bertz CT molecular complexity index is 388. The normalized spacial score (nSPS) is 16.4. The van der Waals surface area contributed by atoms with Crippen LogP contribution in [-0.2, 0) is 21.9 Å². The first-order chi connectivity index (χ1) is 5.57. The number of hydrogen-bond acceptors (Lipinski definition) is 4. The lowest BCUT2D eigenvalue weighted by atomic mass is 10.4. The Morgan fingerprint density at radius 3 is 2.75 bits per heavy atom. The molecule has 0 amide bonds. The molecule has 2 rings (SSSR count). The van der Waals surface area contributed by atoms with Crippen molar-refractivity contribution in [3.8, 4) is 0 Å². The lowest BCUT2D eigenvalue weighted by Crippen LogP contribution is -1.89. The molecule has 1 aliphatic carbocycles. The first kappa shape index (κ1) is 8.47. The van der Waals surface area contributed by atoms with Crippen molar-refractivity contribution in [3.05, 3.63) is 10.6 Å². The van der Waals surface area contributed by atoms with E-state index >= 15 is 0 Å². The Balaban J connectivity index is 2.51. The molecule has 0 radical (unpaired) electrons. The molecule has 1 aliphatic rings. The molecular weight excluding hydrogens is 218 g/mol. The average Bonchev–Trinajstić information content (AvgIpc) is 2.37. The SMILES string of the molecule is O=S(=O)(Cl)c1nc2c(s1)CCC2. The number of rotatable bonds is 1. The maximum atomic E-state index is 10.9. The predicted molar refractivity (Wildman–Crippen MR) is 47.2 cm³/mol. The predicted octanol–water partition coefficient (Wildman–Crippen LogP) is 1.56. The number of halogens is 1. The van der Waals surface area contributed by atoms with E-state index in [0.717, 1.165) is 29.8 Å². The molecule has 3 nitrogen and oxygen atoms in total. The summed E-state index contributed by atoms with van der Waals surface area (Å²) in [5, 5.41) is 0. The van der Waals surface area contributed by atoms with Crippen molar-refractivity contribution < 1.29 is 8.42 Å². The van der Waals surface area contributed by atoms with Crippen molar-refractivity contribution in [2.45, 2.75) is 23.6 Å². The molecule has 0 atom stereocenters. The molecule has 0 fully saturated rings. The van der Waals surface area contributed by atoms with Crippen LogP contribution in [0.5, 0.6) is 0 Å². The van der Waals surface area contributed by atoms with Gasteiger partial charge in [-0.2, -0.15) is 0 Å². The summed E-state index contributed by atoms with van der Waals surface area (Å²) in [7, 11) is 1.54. The summed E-state index contributed by atoms with van der Waals surface area (Å²) >= 11 is 1.20. The Kier molecular flexibility index (Phi) is 1.89. The van der Waals surface area contributed by atoms with E-state index in [0.29, 0.717) is 0 Å². The number of fused-ring (bicyclic) bond motifs is 1. The molecule has 0 unspecified atom stereocenters. The summed E-state index contributed by atoms with van der Waals surface area (Å²) < 4.78 is 21.8. The van der Waals surface area contributed by atoms with Crippen LogP contribution in [0.25, 0.3) is 0 Å². The van der Waals surface area contributed by atoms with Gasteiger partial charge in [0.1, 0.15) is 0 Å². The number of hydrogen-bond donors (Lipinski definition) is 0. The first-order valence-electron chi connectivity index (χ1n) is 3.50. The molecule has 0 saturated heterocycles. The lowest BCUT2D eigenvalue weighted by Gasteiger charge is -1.86. The van der Waals surface area contributed by atoms with Gasteiger partial charge < -0.3 is 0 Å². The van der Waals surface area contributed by atoms with Gasteiger partial charge in [-0.25, -0.2) is 13.4 Å². The monoisotopic (exact) mass is 223 g/mol. The molecule has 0 aromatic carbocycles. The van der Waals surface area contributed by atoms with Gasteiger partial charge in [0.15, 0.2) is 0 Å². The topological polar surface area (TPSA) is 47.0 Å².